The van der Waals surface area contributed by atoms with Crippen molar-refractivity contribution < 1.29 is 45.4 Å². The quantitative estimate of drug-likeness (QED) is 0.130. The molecule has 0 amide bonds. The van der Waals surface area contributed by atoms with Gasteiger partial charge in [-0.2, -0.15) is 14.5 Å². The van der Waals surface area contributed by atoms with Crippen molar-refractivity contribution >= 4 is 41.3 Å². The van der Waals surface area contributed by atoms with Crippen molar-refractivity contribution in [3.05, 3.63) is 83.2 Å². The van der Waals surface area contributed by atoms with Gasteiger partial charge >= 0.3 is 0 Å². The number of ether oxygens (including phenoxy) is 4. The molecule has 0 aliphatic rings. The fraction of sp³-hybridized carbons (Fsp3) is 0.333. The SMILES string of the molecule is COCC(=O)c1cc(S(=O)(=O)Cl)nn1C.COCC(=O)c1cc(S(=O)(=O)N(Cc2ccc(OC)cc2)Cc2ccc(OC)cc2)nn1C. The molecule has 48 heavy (non-hydrogen) atoms. The molecular formula is C30H36ClN5O10S2. The van der Waals surface area contributed by atoms with Crippen LogP contribution in [0.1, 0.15) is 32.1 Å². The standard InChI is InChI=1S/C23H27N3O6S.C7H9ClN2O4S/c1-25-21(22(27)16-30-2)13-23(24-25)33(28,29)26(14-17-5-9-19(31-3)10-6-17)15-18-7-11-20(32-4)12-8-18;1-10-5(6(11)4-14-2)3-7(9-10)15(8,12)13/h5-13H,14-16H2,1-4H3;3H,4H2,1-2H3. The van der Waals surface area contributed by atoms with Crippen molar-refractivity contribution in [1.82, 2.24) is 23.9 Å². The van der Waals surface area contributed by atoms with E-state index in [1.165, 1.54) is 43.4 Å². The Morgan fingerprint density at radius 1 is 0.688 bits per heavy atom. The van der Waals surface area contributed by atoms with E-state index < -0.39 is 19.1 Å². The maximum Gasteiger partial charge on any atom is 0.280 e. The zero-order valence-electron chi connectivity index (χ0n) is 27.1. The maximum atomic E-state index is 13.6. The first-order valence-electron chi connectivity index (χ1n) is 14.0. The molecule has 0 unspecified atom stereocenters. The summed E-state index contributed by atoms with van der Waals surface area (Å²) in [5.74, 6) is 0.633. The van der Waals surface area contributed by atoms with Gasteiger partial charge in [0.25, 0.3) is 19.1 Å². The van der Waals surface area contributed by atoms with Crippen molar-refractivity contribution in [2.45, 2.75) is 23.1 Å². The molecular weight excluding hydrogens is 690 g/mol. The average Bonchev–Trinajstić information content (AvgIpc) is 3.65. The third-order valence-electron chi connectivity index (χ3n) is 6.73. The van der Waals surface area contributed by atoms with Gasteiger partial charge in [-0.25, -0.2) is 16.8 Å². The van der Waals surface area contributed by atoms with Crippen molar-refractivity contribution in [2.24, 2.45) is 14.1 Å². The number of Topliss-reactive ketones (excluding diaryl/α,β-unsaturated/α-hetero) is 2. The molecule has 0 aliphatic heterocycles. The monoisotopic (exact) mass is 725 g/mol. The van der Waals surface area contributed by atoms with Gasteiger partial charge in [0.05, 0.1) is 14.2 Å². The third-order valence-corrected chi connectivity index (χ3v) is 9.57. The number of carbonyl (C=O) groups excluding carboxylic acids is 2. The molecule has 2 aromatic carbocycles. The van der Waals surface area contributed by atoms with Crippen LogP contribution in [0.15, 0.2) is 70.7 Å². The van der Waals surface area contributed by atoms with Crippen LogP contribution in [0.3, 0.4) is 0 Å². The highest BCUT2D eigenvalue weighted by Crippen LogP contribution is 2.23. The molecule has 2 aromatic heterocycles. The third kappa shape index (κ3) is 9.94. The highest BCUT2D eigenvalue weighted by atomic mass is 35.7. The lowest BCUT2D eigenvalue weighted by atomic mass is 10.2. The van der Waals surface area contributed by atoms with E-state index in [-0.39, 0.29) is 59.3 Å². The molecule has 15 nitrogen and oxygen atoms in total. The first-order valence-corrected chi connectivity index (χ1v) is 17.7. The van der Waals surface area contributed by atoms with Crippen LogP contribution in [-0.2, 0) is 55.7 Å². The minimum Gasteiger partial charge on any atom is -0.497 e. The van der Waals surface area contributed by atoms with Crippen LogP contribution < -0.4 is 9.47 Å². The Balaban J connectivity index is 0.000000348. The second-order valence-electron chi connectivity index (χ2n) is 10.1. The van der Waals surface area contributed by atoms with Gasteiger partial charge in [-0.1, -0.05) is 24.3 Å². The van der Waals surface area contributed by atoms with E-state index in [0.29, 0.717) is 11.5 Å². The van der Waals surface area contributed by atoms with E-state index in [1.807, 2.05) is 0 Å². The van der Waals surface area contributed by atoms with E-state index in [1.54, 1.807) is 62.8 Å². The zero-order valence-corrected chi connectivity index (χ0v) is 29.5. The van der Waals surface area contributed by atoms with E-state index in [9.17, 15) is 26.4 Å². The van der Waals surface area contributed by atoms with Gasteiger partial charge < -0.3 is 18.9 Å². The number of benzene rings is 2. The smallest absolute Gasteiger partial charge is 0.280 e. The minimum atomic E-state index is -4.03. The number of nitrogens with zero attached hydrogens (tertiary/aromatic N) is 5. The van der Waals surface area contributed by atoms with E-state index in [2.05, 4.69) is 14.9 Å². The summed E-state index contributed by atoms with van der Waals surface area (Å²) >= 11 is 0. The largest absolute Gasteiger partial charge is 0.497 e. The molecule has 260 valence electrons. The van der Waals surface area contributed by atoms with Crippen LogP contribution in [-0.4, -0.2) is 93.9 Å². The Kier molecular flexibility index (Phi) is 13.4. The highest BCUT2D eigenvalue weighted by Gasteiger charge is 2.30. The summed E-state index contributed by atoms with van der Waals surface area (Å²) in [5.41, 5.74) is 1.85. The van der Waals surface area contributed by atoms with Gasteiger partial charge in [-0.05, 0) is 35.4 Å². The summed E-state index contributed by atoms with van der Waals surface area (Å²) < 4.78 is 72.7. The summed E-state index contributed by atoms with van der Waals surface area (Å²) in [6.07, 6.45) is 0. The molecule has 0 aliphatic carbocycles. The molecule has 0 N–H and O–H groups in total. The number of aromatic nitrogens is 4. The lowest BCUT2D eigenvalue weighted by Crippen LogP contribution is -2.30. The summed E-state index contributed by atoms with van der Waals surface area (Å²) in [6.45, 7) is -0.0890. The summed E-state index contributed by atoms with van der Waals surface area (Å²) in [6, 6.07) is 16.7. The number of carbonyl (C=O) groups is 2. The topological polar surface area (TPSA) is 178 Å². The van der Waals surface area contributed by atoms with Crippen LogP contribution in [0.5, 0.6) is 11.5 Å². The minimum absolute atomic E-state index is 0.107. The number of rotatable bonds is 15. The average molecular weight is 726 g/mol. The van der Waals surface area contributed by atoms with Crippen molar-refractivity contribution in [1.29, 1.82) is 0 Å². The van der Waals surface area contributed by atoms with Crippen molar-refractivity contribution in [2.75, 3.05) is 41.7 Å². The lowest BCUT2D eigenvalue weighted by Gasteiger charge is -2.21. The molecule has 2 heterocycles. The normalized spacial score (nSPS) is 11.6. The van der Waals surface area contributed by atoms with Gasteiger partial charge in [-0.3, -0.25) is 19.0 Å². The second-order valence-corrected chi connectivity index (χ2v) is 14.5. The fourth-order valence-electron chi connectivity index (χ4n) is 4.29. The van der Waals surface area contributed by atoms with Crippen molar-refractivity contribution in [3.63, 3.8) is 0 Å². The number of sulfonamides is 1. The van der Waals surface area contributed by atoms with Gasteiger partial charge in [0, 0.05) is 64.2 Å². The first kappa shape index (κ1) is 38.3. The number of aryl methyl sites for hydroxylation is 2. The molecule has 4 rings (SSSR count). The maximum absolute atomic E-state index is 13.6. The van der Waals surface area contributed by atoms with Crippen LogP contribution in [0.25, 0.3) is 0 Å². The molecule has 4 aromatic rings. The van der Waals surface area contributed by atoms with Gasteiger partial charge in [0.1, 0.15) is 36.1 Å². The Morgan fingerprint density at radius 3 is 1.40 bits per heavy atom. The zero-order chi connectivity index (χ0) is 35.6. The predicted octanol–water partition coefficient (Wildman–Crippen LogP) is 2.83. The molecule has 0 bridgehead atoms. The number of methoxy groups -OCH3 is 4. The number of ketones is 2. The van der Waals surface area contributed by atoms with Crippen LogP contribution in [0, 0.1) is 0 Å². The first-order chi connectivity index (χ1) is 22.6. The Bertz CT molecular complexity index is 1880. The van der Waals surface area contributed by atoms with Crippen LogP contribution >= 0.6 is 10.7 Å². The fourth-order valence-corrected chi connectivity index (χ4v) is 6.37. The predicted molar refractivity (Wildman–Crippen MR) is 174 cm³/mol. The molecule has 0 saturated carbocycles. The van der Waals surface area contributed by atoms with Crippen LogP contribution in [0.2, 0.25) is 0 Å². The second kappa shape index (κ2) is 16.8. The summed E-state index contributed by atoms with van der Waals surface area (Å²) in [7, 11) is 6.03. The molecule has 0 atom stereocenters. The van der Waals surface area contributed by atoms with Gasteiger partial charge in [0.15, 0.2) is 10.1 Å². The molecule has 0 fully saturated rings. The number of halogens is 1. The Hall–Kier alpha value is -4.13. The lowest BCUT2D eigenvalue weighted by molar-refractivity contribution is 0.0832. The van der Waals surface area contributed by atoms with Crippen molar-refractivity contribution in [3.8, 4) is 11.5 Å². The Morgan fingerprint density at radius 2 is 1.06 bits per heavy atom. The van der Waals surface area contributed by atoms with Crippen LogP contribution in [0.4, 0.5) is 0 Å². The number of hydrogen-bond acceptors (Lipinski definition) is 12. The molecule has 0 spiro atoms. The van der Waals surface area contributed by atoms with Gasteiger partial charge in [0.2, 0.25) is 11.6 Å². The Labute approximate surface area is 283 Å². The molecule has 18 heteroatoms. The molecule has 0 radical (unpaired) electrons. The highest BCUT2D eigenvalue weighted by molar-refractivity contribution is 8.13. The number of hydrogen-bond donors (Lipinski definition) is 0. The summed E-state index contributed by atoms with van der Waals surface area (Å²) in [4.78, 5) is 23.6. The summed E-state index contributed by atoms with van der Waals surface area (Å²) in [5, 5.41) is 7.18. The van der Waals surface area contributed by atoms with Gasteiger partial charge in [-0.15, -0.1) is 0 Å². The van der Waals surface area contributed by atoms with E-state index in [0.717, 1.165) is 21.9 Å². The molecule has 0 saturated heterocycles. The van der Waals surface area contributed by atoms with E-state index in [4.69, 9.17) is 24.9 Å². The van der Waals surface area contributed by atoms with E-state index >= 15 is 0 Å².